The number of hydrogen-bond acceptors (Lipinski definition) is 3. The highest BCUT2D eigenvalue weighted by molar-refractivity contribution is 5.71. The van der Waals surface area contributed by atoms with Crippen molar-refractivity contribution in [2.24, 2.45) is 5.92 Å². The Kier molecular flexibility index (Phi) is 3.04. The van der Waals surface area contributed by atoms with E-state index in [9.17, 15) is 0 Å². The molecule has 2 aromatic heterocycles. The number of rotatable bonds is 5. The first-order valence-corrected chi connectivity index (χ1v) is 6.78. The molecule has 0 atom stereocenters. The van der Waals surface area contributed by atoms with Crippen LogP contribution in [0.3, 0.4) is 0 Å². The minimum atomic E-state index is 0.391. The Morgan fingerprint density at radius 2 is 2.28 bits per heavy atom. The highest BCUT2D eigenvalue weighted by Gasteiger charge is 2.21. The van der Waals surface area contributed by atoms with Gasteiger partial charge in [-0.05, 0) is 51.3 Å². The molecule has 2 heterocycles. The number of aromatic nitrogens is 3. The molecule has 0 unspecified atom stereocenters. The predicted molar refractivity (Wildman–Crippen MR) is 72.3 cm³/mol. The average Bonchev–Trinajstić information content (AvgIpc) is 3.08. The van der Waals surface area contributed by atoms with Gasteiger partial charge >= 0.3 is 0 Å². The lowest BCUT2D eigenvalue weighted by Gasteiger charge is -2.12. The third-order valence-electron chi connectivity index (χ3n) is 3.45. The van der Waals surface area contributed by atoms with Crippen LogP contribution in [0.4, 0.5) is 0 Å². The molecule has 1 N–H and O–H groups in total. The lowest BCUT2D eigenvalue weighted by Crippen LogP contribution is -2.20. The van der Waals surface area contributed by atoms with Gasteiger partial charge in [0.05, 0.1) is 6.54 Å². The van der Waals surface area contributed by atoms with E-state index in [0.29, 0.717) is 6.04 Å². The van der Waals surface area contributed by atoms with E-state index >= 15 is 0 Å². The highest BCUT2D eigenvalue weighted by Crippen LogP contribution is 2.27. The maximum Gasteiger partial charge on any atom is 0.160 e. The van der Waals surface area contributed by atoms with E-state index in [1.165, 1.54) is 12.8 Å². The first-order valence-electron chi connectivity index (χ1n) is 6.78. The molecule has 18 heavy (non-hydrogen) atoms. The van der Waals surface area contributed by atoms with Crippen LogP contribution in [-0.4, -0.2) is 21.1 Å². The summed E-state index contributed by atoms with van der Waals surface area (Å²) < 4.78 is 2.23. The molecular weight excluding hydrogens is 224 g/mol. The highest BCUT2D eigenvalue weighted by atomic mass is 15.2. The summed E-state index contributed by atoms with van der Waals surface area (Å²) in [5.74, 6) is 2.00. The lowest BCUT2D eigenvalue weighted by molar-refractivity contribution is 0.543. The quantitative estimate of drug-likeness (QED) is 0.878. The normalized spacial score (nSPS) is 15.7. The largest absolute Gasteiger partial charge is 0.310 e. The van der Waals surface area contributed by atoms with Crippen molar-refractivity contribution in [3.63, 3.8) is 0 Å². The van der Waals surface area contributed by atoms with Crippen molar-refractivity contribution in [1.29, 1.82) is 0 Å². The van der Waals surface area contributed by atoms with Crippen LogP contribution < -0.4 is 5.32 Å². The Balaban J connectivity index is 1.86. The van der Waals surface area contributed by atoms with Crippen molar-refractivity contribution in [2.75, 3.05) is 6.54 Å². The Hall–Kier alpha value is -1.42. The molecule has 2 aromatic rings. The van der Waals surface area contributed by atoms with Gasteiger partial charge in [-0.25, -0.2) is 9.97 Å². The smallest absolute Gasteiger partial charge is 0.160 e. The van der Waals surface area contributed by atoms with Gasteiger partial charge in [0.25, 0.3) is 0 Å². The number of hydrogen-bond donors (Lipinski definition) is 1. The molecule has 3 rings (SSSR count). The van der Waals surface area contributed by atoms with Crippen LogP contribution in [0.15, 0.2) is 18.3 Å². The number of nitrogens with zero attached hydrogens (tertiary/aromatic N) is 3. The maximum absolute atomic E-state index is 4.69. The van der Waals surface area contributed by atoms with Crippen LogP contribution in [0.5, 0.6) is 0 Å². The van der Waals surface area contributed by atoms with Crippen molar-refractivity contribution < 1.29 is 0 Å². The fourth-order valence-electron chi connectivity index (χ4n) is 2.35. The number of pyridine rings is 1. The molecular formula is C14H20N4. The summed E-state index contributed by atoms with van der Waals surface area (Å²) in [6, 6.07) is 4.37. The van der Waals surface area contributed by atoms with Crippen molar-refractivity contribution in [1.82, 2.24) is 19.9 Å². The van der Waals surface area contributed by atoms with Gasteiger partial charge in [-0.3, -0.25) is 0 Å². The van der Waals surface area contributed by atoms with Crippen LogP contribution in [0.1, 0.15) is 38.6 Å². The molecule has 4 heteroatoms. The molecule has 1 fully saturated rings. The Morgan fingerprint density at radius 1 is 1.44 bits per heavy atom. The van der Waals surface area contributed by atoms with Crippen LogP contribution >= 0.6 is 0 Å². The monoisotopic (exact) mass is 244 g/mol. The van der Waals surface area contributed by atoms with Crippen LogP contribution in [0.25, 0.3) is 11.2 Å². The van der Waals surface area contributed by atoms with Crippen molar-refractivity contribution in [2.45, 2.75) is 39.3 Å². The van der Waals surface area contributed by atoms with Gasteiger partial charge in [0.15, 0.2) is 5.65 Å². The Morgan fingerprint density at radius 3 is 3.00 bits per heavy atom. The fourth-order valence-corrected chi connectivity index (χ4v) is 2.35. The topological polar surface area (TPSA) is 42.7 Å². The third-order valence-corrected chi connectivity index (χ3v) is 3.45. The standard InChI is InChI=1S/C14H20N4/c1-10(2)18-13(9-15-8-11-5-6-11)17-12-4-3-7-16-14(12)18/h3-4,7,10-11,15H,5-6,8-9H2,1-2H3. The second kappa shape index (κ2) is 4.69. The van der Waals surface area contributed by atoms with Crippen molar-refractivity contribution in [3.05, 3.63) is 24.2 Å². The molecule has 0 aromatic carbocycles. The van der Waals surface area contributed by atoms with Gasteiger partial charge < -0.3 is 9.88 Å². The second-order valence-electron chi connectivity index (χ2n) is 5.41. The Bertz CT molecular complexity index is 540. The lowest BCUT2D eigenvalue weighted by atomic mass is 10.3. The number of fused-ring (bicyclic) bond motifs is 1. The molecule has 0 spiro atoms. The zero-order chi connectivity index (χ0) is 12.5. The molecule has 0 aliphatic heterocycles. The molecule has 1 aliphatic carbocycles. The van der Waals surface area contributed by atoms with Crippen LogP contribution in [0.2, 0.25) is 0 Å². The van der Waals surface area contributed by atoms with Gasteiger partial charge in [-0.15, -0.1) is 0 Å². The molecule has 0 radical (unpaired) electrons. The summed E-state index contributed by atoms with van der Waals surface area (Å²) >= 11 is 0. The molecule has 4 nitrogen and oxygen atoms in total. The SMILES string of the molecule is CC(C)n1c(CNCC2CC2)nc2cccnc21. The van der Waals surface area contributed by atoms with E-state index in [2.05, 4.69) is 33.7 Å². The minimum Gasteiger partial charge on any atom is -0.310 e. The zero-order valence-electron chi connectivity index (χ0n) is 11.1. The first kappa shape index (κ1) is 11.7. The fraction of sp³-hybridized carbons (Fsp3) is 0.571. The molecule has 0 bridgehead atoms. The van der Waals surface area contributed by atoms with E-state index in [0.717, 1.165) is 36.0 Å². The van der Waals surface area contributed by atoms with E-state index in [4.69, 9.17) is 0 Å². The summed E-state index contributed by atoms with van der Waals surface area (Å²) in [5.41, 5.74) is 1.99. The summed E-state index contributed by atoms with van der Waals surface area (Å²) in [6.45, 7) is 6.32. The molecule has 0 saturated heterocycles. The van der Waals surface area contributed by atoms with E-state index < -0.39 is 0 Å². The van der Waals surface area contributed by atoms with Crippen molar-refractivity contribution in [3.8, 4) is 0 Å². The second-order valence-corrected chi connectivity index (χ2v) is 5.41. The minimum absolute atomic E-state index is 0.391. The van der Waals surface area contributed by atoms with Crippen LogP contribution in [-0.2, 0) is 6.54 Å². The first-order chi connectivity index (χ1) is 8.75. The van der Waals surface area contributed by atoms with Gasteiger partial charge in [0.1, 0.15) is 11.3 Å². The van der Waals surface area contributed by atoms with Crippen LogP contribution in [0, 0.1) is 5.92 Å². The summed E-state index contributed by atoms with van der Waals surface area (Å²) in [6.07, 6.45) is 4.61. The van der Waals surface area contributed by atoms with Gasteiger partial charge in [0, 0.05) is 12.2 Å². The van der Waals surface area contributed by atoms with E-state index in [-0.39, 0.29) is 0 Å². The summed E-state index contributed by atoms with van der Waals surface area (Å²) in [4.78, 5) is 9.14. The molecule has 0 amide bonds. The molecule has 96 valence electrons. The van der Waals surface area contributed by atoms with E-state index in [1.54, 1.807) is 0 Å². The predicted octanol–water partition coefficient (Wildman–Crippen LogP) is 2.51. The molecule has 1 saturated carbocycles. The van der Waals surface area contributed by atoms with Gasteiger partial charge in [-0.2, -0.15) is 0 Å². The Labute approximate surface area is 107 Å². The zero-order valence-corrected chi connectivity index (χ0v) is 11.1. The maximum atomic E-state index is 4.69. The summed E-state index contributed by atoms with van der Waals surface area (Å²) in [7, 11) is 0. The number of imidazole rings is 1. The average molecular weight is 244 g/mol. The third kappa shape index (κ3) is 2.25. The number of nitrogens with one attached hydrogen (secondary N) is 1. The summed E-state index contributed by atoms with van der Waals surface area (Å²) in [5, 5.41) is 3.51. The molecule has 1 aliphatic rings. The van der Waals surface area contributed by atoms with Gasteiger partial charge in [0.2, 0.25) is 0 Å². The van der Waals surface area contributed by atoms with E-state index in [1.807, 2.05) is 18.3 Å². The van der Waals surface area contributed by atoms with Gasteiger partial charge in [-0.1, -0.05) is 0 Å². The van der Waals surface area contributed by atoms with Crippen molar-refractivity contribution >= 4 is 11.2 Å².